The van der Waals surface area contributed by atoms with Gasteiger partial charge in [-0.05, 0) is 0 Å². The molecule has 2 heterocycles. The van der Waals surface area contributed by atoms with Gasteiger partial charge >= 0.3 is 131 Å². The van der Waals surface area contributed by atoms with Crippen molar-refractivity contribution >= 4 is 26.3 Å². The summed E-state index contributed by atoms with van der Waals surface area (Å²) in [6, 6.07) is 2.89. The molecule has 0 bridgehead atoms. The van der Waals surface area contributed by atoms with E-state index in [2.05, 4.69) is 9.40 Å². The number of aliphatic hydroxyl groups is 4. The topological polar surface area (TPSA) is 119 Å². The Hall–Kier alpha value is -0.460. The quantitative estimate of drug-likeness (QED) is 0.344. The van der Waals surface area contributed by atoms with E-state index in [1.807, 2.05) is 12.1 Å². The van der Waals surface area contributed by atoms with E-state index in [9.17, 15) is 20.1 Å². The van der Waals surface area contributed by atoms with E-state index >= 15 is 0 Å². The SMILES string of the molecule is O=C(CCc1ccc[te]1)NC1C(O)OC(CO)[C@@H](O)[C@@H]1O. The van der Waals surface area contributed by atoms with Crippen LogP contribution in [-0.2, 0) is 16.0 Å². The molecule has 5 N–H and O–H groups in total. The van der Waals surface area contributed by atoms with Gasteiger partial charge in [0.05, 0.1) is 0 Å². The summed E-state index contributed by atoms with van der Waals surface area (Å²) in [4.78, 5) is 11.9. The van der Waals surface area contributed by atoms with Crippen LogP contribution in [0.15, 0.2) is 16.2 Å². The molecule has 5 atom stereocenters. The summed E-state index contributed by atoms with van der Waals surface area (Å²) in [5.41, 5.74) is 0. The van der Waals surface area contributed by atoms with Gasteiger partial charge in [0, 0.05) is 0 Å². The number of rotatable bonds is 5. The molecule has 0 radical (unpaired) electrons. The predicted molar refractivity (Wildman–Crippen MR) is 73.6 cm³/mol. The van der Waals surface area contributed by atoms with Crippen molar-refractivity contribution in [1.82, 2.24) is 5.32 Å². The molecule has 1 amide bonds. The molecular weight excluding hydrogens is 394 g/mol. The Morgan fingerprint density at radius 2 is 2.10 bits per heavy atom. The molecule has 2 rings (SSSR count). The summed E-state index contributed by atoms with van der Waals surface area (Å²) in [6.45, 7) is -0.526. The molecule has 1 saturated heterocycles. The molecule has 0 aromatic carbocycles. The van der Waals surface area contributed by atoms with Crippen LogP contribution in [0.25, 0.3) is 0 Å². The number of ether oxygens (including phenoxy) is 1. The second kappa shape index (κ2) is 7.70. The van der Waals surface area contributed by atoms with Crippen molar-refractivity contribution in [3.63, 3.8) is 0 Å². The van der Waals surface area contributed by atoms with E-state index in [1.165, 1.54) is 3.58 Å². The molecule has 0 spiro atoms. The number of aliphatic hydroxyl groups excluding tert-OH is 4. The average Bonchev–Trinajstić information content (AvgIpc) is 2.98. The van der Waals surface area contributed by atoms with Crippen molar-refractivity contribution in [1.29, 1.82) is 0 Å². The van der Waals surface area contributed by atoms with Crippen LogP contribution >= 0.6 is 0 Å². The first-order chi connectivity index (χ1) is 10.0. The third kappa shape index (κ3) is 4.27. The summed E-state index contributed by atoms with van der Waals surface area (Å²) >= 11 is -0.271. The molecule has 3 unspecified atom stereocenters. The summed E-state index contributed by atoms with van der Waals surface area (Å²) in [6.07, 6.45) is -4.38. The van der Waals surface area contributed by atoms with Gasteiger partial charge < -0.3 is 0 Å². The van der Waals surface area contributed by atoms with Crippen LogP contribution in [-0.4, -0.2) is 84.0 Å². The van der Waals surface area contributed by atoms with E-state index in [-0.39, 0.29) is 32.8 Å². The van der Waals surface area contributed by atoms with Gasteiger partial charge in [0.15, 0.2) is 0 Å². The number of hydrogen-bond acceptors (Lipinski definition) is 6. The van der Waals surface area contributed by atoms with Crippen LogP contribution in [0.5, 0.6) is 0 Å². The Labute approximate surface area is 131 Å². The standard InChI is InChI=1S/C13H19NO6Te/c15-6-8-11(17)12(18)10(13(19)20-8)14-9(16)4-3-7-2-1-5-21-7/h1-2,5,8,10-13,15,17-19H,3-4,6H2,(H,14,16)/t8?,10?,11-,12-,13?/m1/s1. The molecule has 7 nitrogen and oxygen atoms in total. The van der Waals surface area contributed by atoms with Gasteiger partial charge in [0.25, 0.3) is 0 Å². The molecule has 1 fully saturated rings. The maximum atomic E-state index is 11.9. The normalized spacial score (nSPS) is 32.9. The number of amides is 1. The van der Waals surface area contributed by atoms with Crippen LogP contribution in [0.1, 0.15) is 10.0 Å². The monoisotopic (exact) mass is 415 g/mol. The molecule has 0 saturated carbocycles. The van der Waals surface area contributed by atoms with Gasteiger partial charge in [0.1, 0.15) is 0 Å². The number of hydrogen-bond donors (Lipinski definition) is 5. The molecule has 1 aromatic heterocycles. The minimum absolute atomic E-state index is 0.258. The van der Waals surface area contributed by atoms with Gasteiger partial charge in [-0.15, -0.1) is 0 Å². The summed E-state index contributed by atoms with van der Waals surface area (Å²) in [7, 11) is 0. The fourth-order valence-electron chi connectivity index (χ4n) is 2.20. The zero-order chi connectivity index (χ0) is 15.4. The molecule has 21 heavy (non-hydrogen) atoms. The predicted octanol–water partition coefficient (Wildman–Crippen LogP) is -2.41. The summed E-state index contributed by atoms with van der Waals surface area (Å²) in [5.74, 6) is -0.323. The Morgan fingerprint density at radius 1 is 1.33 bits per heavy atom. The van der Waals surface area contributed by atoms with Crippen LogP contribution in [0.4, 0.5) is 0 Å². The van der Waals surface area contributed by atoms with Gasteiger partial charge in [0.2, 0.25) is 0 Å². The maximum absolute atomic E-state index is 11.9. The fourth-order valence-corrected chi connectivity index (χ4v) is 4.23. The van der Waals surface area contributed by atoms with Gasteiger partial charge in [-0.3, -0.25) is 0 Å². The zero-order valence-corrected chi connectivity index (χ0v) is 13.6. The number of nitrogens with one attached hydrogen (secondary N) is 1. The van der Waals surface area contributed by atoms with Gasteiger partial charge in [-0.1, -0.05) is 0 Å². The molecular formula is C13H19NO6Te. The Kier molecular flexibility index (Phi) is 6.19. The minimum atomic E-state index is -1.47. The first-order valence-electron chi connectivity index (χ1n) is 6.65. The van der Waals surface area contributed by atoms with E-state index in [4.69, 9.17) is 9.84 Å². The molecule has 1 aliphatic heterocycles. The van der Waals surface area contributed by atoms with Crippen LogP contribution in [0.3, 0.4) is 0 Å². The molecule has 1 aliphatic rings. The van der Waals surface area contributed by atoms with E-state index in [1.54, 1.807) is 0 Å². The first-order valence-corrected chi connectivity index (χ1v) is 9.16. The third-order valence-corrected chi connectivity index (χ3v) is 6.08. The van der Waals surface area contributed by atoms with Crippen molar-refractivity contribution in [3.8, 4) is 0 Å². The Morgan fingerprint density at radius 3 is 2.71 bits per heavy atom. The van der Waals surface area contributed by atoms with Crippen molar-refractivity contribution in [3.05, 3.63) is 19.8 Å². The van der Waals surface area contributed by atoms with Crippen molar-refractivity contribution in [2.24, 2.45) is 0 Å². The van der Waals surface area contributed by atoms with E-state index < -0.39 is 37.3 Å². The van der Waals surface area contributed by atoms with Crippen LogP contribution < -0.4 is 5.32 Å². The molecule has 8 heteroatoms. The number of carbonyl (C=O) groups excluding carboxylic acids is 1. The molecule has 118 valence electrons. The van der Waals surface area contributed by atoms with Crippen molar-refractivity contribution in [2.75, 3.05) is 6.61 Å². The second-order valence-electron chi connectivity index (χ2n) is 4.90. The number of carbonyl (C=O) groups is 1. The average molecular weight is 413 g/mol. The number of aryl methyl sites for hydroxylation is 1. The van der Waals surface area contributed by atoms with E-state index in [0.29, 0.717) is 6.42 Å². The van der Waals surface area contributed by atoms with Gasteiger partial charge in [-0.25, -0.2) is 0 Å². The Balaban J connectivity index is 1.87. The summed E-state index contributed by atoms with van der Waals surface area (Å²) in [5, 5.41) is 40.8. The molecule has 0 aliphatic carbocycles. The third-order valence-electron chi connectivity index (χ3n) is 3.41. The zero-order valence-electron chi connectivity index (χ0n) is 11.3. The van der Waals surface area contributed by atoms with Crippen LogP contribution in [0.2, 0.25) is 0 Å². The van der Waals surface area contributed by atoms with Gasteiger partial charge in [-0.2, -0.15) is 0 Å². The van der Waals surface area contributed by atoms with Crippen molar-refractivity contribution in [2.45, 2.75) is 43.5 Å². The summed E-state index contributed by atoms with van der Waals surface area (Å²) < 4.78 is 8.38. The fraction of sp³-hybridized carbons (Fsp3) is 0.615. The Bertz CT molecular complexity index is 454. The second-order valence-corrected chi connectivity index (χ2v) is 7.85. The first kappa shape index (κ1) is 16.9. The molecule has 1 aromatic rings. The van der Waals surface area contributed by atoms with E-state index in [0.717, 1.165) is 0 Å². The van der Waals surface area contributed by atoms with Crippen LogP contribution in [0, 0.1) is 0 Å². The van der Waals surface area contributed by atoms with Crippen molar-refractivity contribution < 1.29 is 30.0 Å².